The van der Waals surface area contributed by atoms with E-state index in [1.165, 1.54) is 0 Å². The number of aliphatic hydroxyl groups is 1. The Morgan fingerprint density at radius 3 is 1.93 bits per heavy atom. The van der Waals surface area contributed by atoms with Gasteiger partial charge in [0.25, 0.3) is 0 Å². The molecule has 0 amide bonds. The second-order valence-electron chi connectivity index (χ2n) is 6.99. The van der Waals surface area contributed by atoms with Crippen molar-refractivity contribution in [2.75, 3.05) is 6.61 Å². The number of nitro groups is 1. The number of esters is 1. The molecule has 27 heavy (non-hydrogen) atoms. The maximum atomic E-state index is 12.9. The van der Waals surface area contributed by atoms with Gasteiger partial charge < -0.3 is 9.84 Å². The molecule has 144 valence electrons. The van der Waals surface area contributed by atoms with E-state index in [1.807, 2.05) is 50.2 Å². The summed E-state index contributed by atoms with van der Waals surface area (Å²) in [6.07, 6.45) is -0.439. The Morgan fingerprint density at radius 1 is 1.07 bits per heavy atom. The van der Waals surface area contributed by atoms with Crippen LogP contribution in [0.3, 0.4) is 0 Å². The van der Waals surface area contributed by atoms with Gasteiger partial charge in [-0.3, -0.25) is 10.1 Å². The van der Waals surface area contributed by atoms with Crippen LogP contribution < -0.4 is 0 Å². The van der Waals surface area contributed by atoms with Crippen LogP contribution in [0, 0.1) is 16.0 Å². The lowest BCUT2D eigenvalue weighted by atomic mass is 9.91. The lowest BCUT2D eigenvalue weighted by Gasteiger charge is -2.26. The maximum Gasteiger partial charge on any atom is 0.388 e. The molecule has 0 unspecified atom stereocenters. The summed E-state index contributed by atoms with van der Waals surface area (Å²) >= 11 is 0. The van der Waals surface area contributed by atoms with E-state index in [-0.39, 0.29) is 12.3 Å². The molecule has 0 saturated heterocycles. The van der Waals surface area contributed by atoms with Crippen LogP contribution in [-0.4, -0.2) is 28.1 Å². The van der Waals surface area contributed by atoms with Gasteiger partial charge >= 0.3 is 11.5 Å². The number of nitrogens with zero attached hydrogens (tertiary/aromatic N) is 1. The fourth-order valence-electron chi connectivity index (χ4n) is 2.80. The van der Waals surface area contributed by atoms with Crippen molar-refractivity contribution in [3.05, 3.63) is 81.9 Å². The third-order valence-corrected chi connectivity index (χ3v) is 4.56. The van der Waals surface area contributed by atoms with Gasteiger partial charge in [0.2, 0.25) is 0 Å². The van der Waals surface area contributed by atoms with Crippen LogP contribution in [-0.2, 0) is 9.53 Å². The van der Waals surface area contributed by atoms with Gasteiger partial charge in [0, 0.05) is 11.3 Å². The van der Waals surface area contributed by atoms with Crippen molar-refractivity contribution in [2.45, 2.75) is 38.3 Å². The van der Waals surface area contributed by atoms with Gasteiger partial charge in [-0.25, -0.2) is 4.79 Å². The highest BCUT2D eigenvalue weighted by molar-refractivity contribution is 5.80. The Bertz CT molecular complexity index is 708. The van der Waals surface area contributed by atoms with E-state index in [0.717, 1.165) is 0 Å². The Balaban J connectivity index is 2.37. The Hall–Kier alpha value is -2.73. The predicted molar refractivity (Wildman–Crippen MR) is 102 cm³/mol. The minimum Gasteiger partial charge on any atom is -0.447 e. The number of benzene rings is 2. The van der Waals surface area contributed by atoms with Crippen molar-refractivity contribution in [1.82, 2.24) is 0 Å². The molecule has 0 heterocycles. The Labute approximate surface area is 158 Å². The zero-order chi connectivity index (χ0) is 19.9. The topological polar surface area (TPSA) is 89.7 Å². The van der Waals surface area contributed by atoms with Gasteiger partial charge in [0.05, 0.1) is 0 Å². The summed E-state index contributed by atoms with van der Waals surface area (Å²) in [5.74, 6) is -0.865. The summed E-state index contributed by atoms with van der Waals surface area (Å²) in [6, 6.07) is 18.1. The third kappa shape index (κ3) is 4.92. The first-order valence-electron chi connectivity index (χ1n) is 8.97. The monoisotopic (exact) mass is 371 g/mol. The molecule has 0 aliphatic heterocycles. The van der Waals surface area contributed by atoms with E-state index in [9.17, 15) is 20.0 Å². The molecule has 1 N–H and O–H groups in total. The molecule has 0 radical (unpaired) electrons. The smallest absolute Gasteiger partial charge is 0.388 e. The first-order chi connectivity index (χ1) is 12.9. The Morgan fingerprint density at radius 2 is 1.56 bits per heavy atom. The molecule has 6 nitrogen and oxygen atoms in total. The fourth-order valence-corrected chi connectivity index (χ4v) is 2.80. The molecule has 6 heteroatoms. The second-order valence-corrected chi connectivity index (χ2v) is 6.99. The van der Waals surface area contributed by atoms with Crippen molar-refractivity contribution in [1.29, 1.82) is 0 Å². The van der Waals surface area contributed by atoms with Crippen LogP contribution in [0.5, 0.6) is 0 Å². The predicted octanol–water partition coefficient (Wildman–Crippen LogP) is 3.76. The standard InChI is InChI=1S/C21H25NO5/c1-16(2)13-14-21(15-23,22(25)26)20(24)27-19(17-9-5-3-6-10-17)18-11-7-4-8-12-18/h3-12,16,19,23H,13-15H2,1-2H3/t21-/m0/s1. The normalized spacial score (nSPS) is 13.4. The van der Waals surface area contributed by atoms with Crippen molar-refractivity contribution >= 4 is 5.97 Å². The molecule has 0 saturated carbocycles. The van der Waals surface area contributed by atoms with Crippen molar-refractivity contribution in [3.63, 3.8) is 0 Å². The van der Waals surface area contributed by atoms with Gasteiger partial charge in [0.1, 0.15) is 6.61 Å². The van der Waals surface area contributed by atoms with Crippen LogP contribution >= 0.6 is 0 Å². The van der Waals surface area contributed by atoms with Gasteiger partial charge in [0.15, 0.2) is 6.10 Å². The third-order valence-electron chi connectivity index (χ3n) is 4.56. The lowest BCUT2D eigenvalue weighted by molar-refractivity contribution is -0.560. The molecule has 2 rings (SSSR count). The lowest BCUT2D eigenvalue weighted by Crippen LogP contribution is -2.51. The number of hydrogen-bond donors (Lipinski definition) is 1. The Kier molecular flexibility index (Phi) is 7.07. The highest BCUT2D eigenvalue weighted by atomic mass is 16.6. The van der Waals surface area contributed by atoms with E-state index < -0.39 is 29.1 Å². The van der Waals surface area contributed by atoms with Crippen molar-refractivity contribution in [2.24, 2.45) is 5.92 Å². The quantitative estimate of drug-likeness (QED) is 0.412. The minimum absolute atomic E-state index is 0.0801. The molecule has 0 aromatic heterocycles. The zero-order valence-electron chi connectivity index (χ0n) is 15.6. The van der Waals surface area contributed by atoms with E-state index in [4.69, 9.17) is 4.74 Å². The van der Waals surface area contributed by atoms with E-state index in [2.05, 4.69) is 0 Å². The van der Waals surface area contributed by atoms with E-state index >= 15 is 0 Å². The molecular weight excluding hydrogens is 346 g/mol. The summed E-state index contributed by atoms with van der Waals surface area (Å²) in [5, 5.41) is 21.4. The molecule has 0 aliphatic rings. The van der Waals surface area contributed by atoms with Crippen LogP contribution in [0.1, 0.15) is 43.9 Å². The van der Waals surface area contributed by atoms with Crippen LogP contribution in [0.15, 0.2) is 60.7 Å². The molecular formula is C21H25NO5. The first-order valence-corrected chi connectivity index (χ1v) is 8.97. The SMILES string of the molecule is CC(C)CC[C@](CO)(C(=O)OC(c1ccccc1)c1ccccc1)[N+](=O)[O-]. The van der Waals surface area contributed by atoms with Gasteiger partial charge in [-0.05, 0) is 23.5 Å². The van der Waals surface area contributed by atoms with Gasteiger partial charge in [-0.15, -0.1) is 0 Å². The molecule has 0 spiro atoms. The molecule has 0 fully saturated rings. The fraction of sp³-hybridized carbons (Fsp3) is 0.381. The van der Waals surface area contributed by atoms with Crippen LogP contribution in [0.4, 0.5) is 0 Å². The second kappa shape index (κ2) is 9.28. The van der Waals surface area contributed by atoms with E-state index in [0.29, 0.717) is 17.5 Å². The molecule has 1 atom stereocenters. The number of carbonyl (C=O) groups excluding carboxylic acids is 1. The number of aliphatic hydroxyl groups excluding tert-OH is 1. The molecule has 0 aliphatic carbocycles. The average Bonchev–Trinajstić information content (AvgIpc) is 2.68. The highest BCUT2D eigenvalue weighted by Gasteiger charge is 2.52. The van der Waals surface area contributed by atoms with Gasteiger partial charge in [-0.1, -0.05) is 74.5 Å². The summed E-state index contributed by atoms with van der Waals surface area (Å²) in [4.78, 5) is 23.9. The summed E-state index contributed by atoms with van der Waals surface area (Å²) in [7, 11) is 0. The molecule has 0 bridgehead atoms. The highest BCUT2D eigenvalue weighted by Crippen LogP contribution is 2.30. The minimum atomic E-state index is -2.16. The number of ether oxygens (including phenoxy) is 1. The van der Waals surface area contributed by atoms with E-state index in [1.54, 1.807) is 24.3 Å². The molecule has 2 aromatic carbocycles. The first kappa shape index (κ1) is 20.6. The largest absolute Gasteiger partial charge is 0.447 e. The average molecular weight is 371 g/mol. The number of hydrogen-bond acceptors (Lipinski definition) is 5. The van der Waals surface area contributed by atoms with Crippen LogP contribution in [0.25, 0.3) is 0 Å². The van der Waals surface area contributed by atoms with Crippen molar-refractivity contribution in [3.8, 4) is 0 Å². The zero-order valence-corrected chi connectivity index (χ0v) is 15.6. The van der Waals surface area contributed by atoms with Crippen molar-refractivity contribution < 1.29 is 19.6 Å². The number of carbonyl (C=O) groups is 1. The number of rotatable bonds is 9. The van der Waals surface area contributed by atoms with Crippen LogP contribution in [0.2, 0.25) is 0 Å². The molecule has 2 aromatic rings. The maximum absolute atomic E-state index is 12.9. The van der Waals surface area contributed by atoms with Gasteiger partial charge in [-0.2, -0.15) is 0 Å². The summed E-state index contributed by atoms with van der Waals surface area (Å²) < 4.78 is 5.63. The summed E-state index contributed by atoms with van der Waals surface area (Å²) in [5.41, 5.74) is -0.751. The summed E-state index contributed by atoms with van der Waals surface area (Å²) in [6.45, 7) is 2.91.